The number of hydrogen-bond acceptors (Lipinski definition) is 6. The first kappa shape index (κ1) is 16.0. The van der Waals surface area contributed by atoms with Crippen LogP contribution < -0.4 is 9.75 Å². The van der Waals surface area contributed by atoms with Crippen molar-refractivity contribution < 1.29 is 4.74 Å². The Hall–Kier alpha value is -1.34. The van der Waals surface area contributed by atoms with Gasteiger partial charge in [-0.25, -0.2) is 9.99 Å². The highest BCUT2D eigenvalue weighted by Gasteiger charge is 2.24. The number of ether oxygens (including phenoxy) is 1. The van der Waals surface area contributed by atoms with Crippen molar-refractivity contribution in [3.05, 3.63) is 28.4 Å². The van der Waals surface area contributed by atoms with Crippen LogP contribution >= 0.6 is 27.7 Å². The first-order chi connectivity index (χ1) is 10.1. The molecule has 0 bridgehead atoms. The average Bonchev–Trinajstić information content (AvgIpc) is 2.48. The highest BCUT2D eigenvalue weighted by atomic mass is 79.9. The summed E-state index contributed by atoms with van der Waals surface area (Å²) in [5, 5.41) is 6.87. The summed E-state index contributed by atoms with van der Waals surface area (Å²) in [6.07, 6.45) is 8.58. The van der Waals surface area contributed by atoms with Crippen LogP contribution in [0.2, 0.25) is 0 Å². The number of hydrazone groups is 1. The van der Waals surface area contributed by atoms with Gasteiger partial charge in [0.25, 0.3) is 0 Å². The zero-order valence-corrected chi connectivity index (χ0v) is 14.8. The van der Waals surface area contributed by atoms with E-state index in [1.165, 1.54) is 11.8 Å². The van der Waals surface area contributed by atoms with Crippen molar-refractivity contribution in [2.75, 3.05) is 18.3 Å². The van der Waals surface area contributed by atoms with Crippen molar-refractivity contribution in [1.29, 1.82) is 0 Å². The van der Waals surface area contributed by atoms with Crippen molar-refractivity contribution in [2.45, 2.75) is 25.4 Å². The Morgan fingerprint density at radius 2 is 2.29 bits per heavy atom. The molecule has 21 heavy (non-hydrogen) atoms. The summed E-state index contributed by atoms with van der Waals surface area (Å²) < 4.78 is 6.82. The van der Waals surface area contributed by atoms with E-state index in [9.17, 15) is 0 Å². The molecule has 0 saturated carbocycles. The lowest BCUT2D eigenvalue weighted by Gasteiger charge is -2.24. The Bertz CT molecular complexity index is 627. The maximum absolute atomic E-state index is 5.86. The lowest BCUT2D eigenvalue weighted by molar-refractivity contribution is 0.520. The molecule has 0 radical (unpaired) electrons. The van der Waals surface area contributed by atoms with Gasteiger partial charge in [0.15, 0.2) is 16.7 Å². The molecule has 1 aromatic heterocycles. The topological polar surface area (TPSA) is 50.6 Å². The predicted octanol–water partition coefficient (Wildman–Crippen LogP) is 3.98. The molecule has 2 rings (SSSR count). The van der Waals surface area contributed by atoms with Crippen molar-refractivity contribution >= 4 is 39.4 Å². The van der Waals surface area contributed by atoms with E-state index in [1.807, 2.05) is 26.3 Å². The molecule has 7 heteroatoms. The van der Waals surface area contributed by atoms with Crippen LogP contribution in [0.5, 0.6) is 5.75 Å². The van der Waals surface area contributed by atoms with Crippen LogP contribution in [0.4, 0.5) is 5.82 Å². The number of thioether (sulfide) groups is 1. The van der Waals surface area contributed by atoms with E-state index >= 15 is 0 Å². The van der Waals surface area contributed by atoms with Gasteiger partial charge >= 0.3 is 0 Å². The Labute approximate surface area is 137 Å². The summed E-state index contributed by atoms with van der Waals surface area (Å²) in [6, 6.07) is 0. The van der Waals surface area contributed by atoms with Gasteiger partial charge in [-0.15, -0.1) is 5.10 Å². The summed E-state index contributed by atoms with van der Waals surface area (Å²) >= 11 is 5.05. The molecule has 1 aromatic rings. The highest BCUT2D eigenvalue weighted by molar-refractivity contribution is 9.12. The normalized spacial score (nSPS) is 15.5. The fraction of sp³-hybridized carbons (Fsp3) is 0.357. The van der Waals surface area contributed by atoms with Crippen molar-refractivity contribution in [3.63, 3.8) is 0 Å². The van der Waals surface area contributed by atoms with Gasteiger partial charge in [0.1, 0.15) is 0 Å². The van der Waals surface area contributed by atoms with E-state index in [1.54, 1.807) is 11.2 Å². The van der Waals surface area contributed by atoms with Crippen molar-refractivity contribution in [2.24, 2.45) is 5.10 Å². The zero-order valence-electron chi connectivity index (χ0n) is 12.4. The number of fused-ring (bicyclic) bond motifs is 1. The van der Waals surface area contributed by atoms with Crippen LogP contribution in [0.25, 0.3) is 0 Å². The van der Waals surface area contributed by atoms with Crippen molar-refractivity contribution in [3.8, 4) is 5.75 Å². The molecule has 0 amide bonds. The monoisotopic (exact) mass is 368 g/mol. The number of hydrogen-bond donors (Lipinski definition) is 0. The molecule has 0 atom stereocenters. The molecule has 0 aromatic carbocycles. The third-order valence-corrected chi connectivity index (χ3v) is 4.12. The molecule has 0 fully saturated rings. The van der Waals surface area contributed by atoms with Gasteiger partial charge in [0.05, 0.1) is 6.20 Å². The fourth-order valence-electron chi connectivity index (χ4n) is 1.82. The minimum Gasteiger partial charge on any atom is -0.431 e. The first-order valence-corrected chi connectivity index (χ1v) is 8.56. The molecule has 0 saturated heterocycles. The standard InChI is InChI=1S/C14H17BrN4OS/c1-5-7-10(15)9(6-2)13-18-19(3)12-11(20-13)8-16-14(17-12)21-4/h6-8H,5H2,1-4H3/b9-6+,10-7+. The molecule has 1 aliphatic heterocycles. The molecule has 0 unspecified atom stereocenters. The molecule has 112 valence electrons. The Morgan fingerprint density at radius 1 is 1.52 bits per heavy atom. The first-order valence-electron chi connectivity index (χ1n) is 6.54. The number of halogens is 1. The quantitative estimate of drug-likeness (QED) is 0.457. The minimum absolute atomic E-state index is 0.532. The third-order valence-electron chi connectivity index (χ3n) is 2.81. The van der Waals surface area contributed by atoms with E-state index in [-0.39, 0.29) is 0 Å². The van der Waals surface area contributed by atoms with Gasteiger partial charge in [0.2, 0.25) is 5.90 Å². The number of nitrogens with zero attached hydrogens (tertiary/aromatic N) is 4. The molecule has 5 nitrogen and oxygen atoms in total. The summed E-state index contributed by atoms with van der Waals surface area (Å²) in [5.74, 6) is 1.81. The van der Waals surface area contributed by atoms with Gasteiger partial charge in [-0.1, -0.05) is 46.8 Å². The Kier molecular flexibility index (Phi) is 5.41. The highest BCUT2D eigenvalue weighted by Crippen LogP contribution is 2.32. The summed E-state index contributed by atoms with van der Waals surface area (Å²) in [4.78, 5) is 8.66. The molecule has 2 heterocycles. The lowest BCUT2D eigenvalue weighted by Crippen LogP contribution is -2.26. The Morgan fingerprint density at radius 3 is 2.90 bits per heavy atom. The third kappa shape index (κ3) is 3.47. The van der Waals surface area contributed by atoms with Gasteiger partial charge in [-0.3, -0.25) is 0 Å². The van der Waals surface area contributed by atoms with Crippen LogP contribution in [0.1, 0.15) is 20.3 Å². The maximum Gasteiger partial charge on any atom is 0.245 e. The molecule has 0 N–H and O–H groups in total. The summed E-state index contributed by atoms with van der Waals surface area (Å²) in [6.45, 7) is 4.03. The molecular weight excluding hydrogens is 352 g/mol. The predicted molar refractivity (Wildman–Crippen MR) is 91.3 cm³/mol. The minimum atomic E-state index is 0.532. The van der Waals surface area contributed by atoms with E-state index in [2.05, 4.69) is 44.0 Å². The van der Waals surface area contributed by atoms with Crippen molar-refractivity contribution in [1.82, 2.24) is 9.97 Å². The second kappa shape index (κ2) is 7.09. The Balaban J connectivity index is 2.37. The van der Waals surface area contributed by atoms with E-state index < -0.39 is 0 Å². The van der Waals surface area contributed by atoms with Crippen LogP contribution in [0.15, 0.2) is 38.7 Å². The maximum atomic E-state index is 5.86. The van der Waals surface area contributed by atoms with Crippen LogP contribution in [-0.4, -0.2) is 29.2 Å². The van der Waals surface area contributed by atoms with Gasteiger partial charge in [0, 0.05) is 17.1 Å². The molecule has 0 spiro atoms. The summed E-state index contributed by atoms with van der Waals surface area (Å²) in [7, 11) is 1.85. The van der Waals surface area contributed by atoms with E-state index in [4.69, 9.17) is 4.74 Å². The number of allylic oxidation sites excluding steroid dienone is 2. The number of anilines is 1. The zero-order chi connectivity index (χ0) is 15.4. The second-order valence-corrected chi connectivity index (χ2v) is 5.87. The smallest absolute Gasteiger partial charge is 0.245 e. The van der Waals surface area contributed by atoms with E-state index in [0.29, 0.717) is 22.6 Å². The average molecular weight is 369 g/mol. The second-order valence-electron chi connectivity index (χ2n) is 4.24. The van der Waals surface area contributed by atoms with Gasteiger partial charge < -0.3 is 4.74 Å². The van der Waals surface area contributed by atoms with E-state index in [0.717, 1.165) is 16.5 Å². The lowest BCUT2D eigenvalue weighted by atomic mass is 10.2. The SMILES string of the molecule is C/C=C(C1=NN(C)c2nc(SC)ncc2O1)\C(Br)=C/CC. The largest absolute Gasteiger partial charge is 0.431 e. The van der Waals surface area contributed by atoms with Crippen LogP contribution in [0.3, 0.4) is 0 Å². The molecule has 0 aliphatic carbocycles. The molecule has 1 aliphatic rings. The van der Waals surface area contributed by atoms with Crippen LogP contribution in [0, 0.1) is 0 Å². The van der Waals surface area contributed by atoms with Gasteiger partial charge in [-0.2, -0.15) is 4.98 Å². The number of rotatable bonds is 4. The van der Waals surface area contributed by atoms with Crippen LogP contribution in [-0.2, 0) is 0 Å². The summed E-state index contributed by atoms with van der Waals surface area (Å²) in [5.41, 5.74) is 0.906. The van der Waals surface area contributed by atoms with Gasteiger partial charge in [-0.05, 0) is 19.6 Å². The number of aromatic nitrogens is 2. The molecular formula is C14H17BrN4OS. The fourth-order valence-corrected chi connectivity index (χ4v) is 2.88.